The zero-order valence-corrected chi connectivity index (χ0v) is 14.5. The van der Waals surface area contributed by atoms with Crippen molar-refractivity contribution in [3.8, 4) is 0 Å². The van der Waals surface area contributed by atoms with E-state index in [1.54, 1.807) is 4.68 Å². The summed E-state index contributed by atoms with van der Waals surface area (Å²) in [7, 11) is -3.17. The summed E-state index contributed by atoms with van der Waals surface area (Å²) >= 11 is 0. The summed E-state index contributed by atoms with van der Waals surface area (Å²) in [5.74, 6) is 1.62. The zero-order valence-electron chi connectivity index (χ0n) is 13.7. The van der Waals surface area contributed by atoms with E-state index < -0.39 is 10.0 Å². The molecule has 0 bridgehead atoms. The monoisotopic (exact) mass is 330 g/mol. The van der Waals surface area contributed by atoms with Crippen molar-refractivity contribution >= 4 is 10.0 Å². The Balaban J connectivity index is 1.86. The van der Waals surface area contributed by atoms with Crippen LogP contribution in [0.25, 0.3) is 0 Å². The number of nitrogens with zero attached hydrogens (tertiary/aromatic N) is 5. The Morgan fingerprint density at radius 3 is 2.59 bits per heavy atom. The fourth-order valence-electron chi connectivity index (χ4n) is 3.07. The van der Waals surface area contributed by atoms with Gasteiger partial charge in [0.1, 0.15) is 5.82 Å². The van der Waals surface area contributed by atoms with Crippen LogP contribution >= 0.6 is 0 Å². The lowest BCUT2D eigenvalue weighted by Gasteiger charge is -2.21. The van der Waals surface area contributed by atoms with Crippen LogP contribution < -0.4 is 4.72 Å². The van der Waals surface area contributed by atoms with E-state index in [0.29, 0.717) is 11.8 Å². The highest BCUT2D eigenvalue weighted by atomic mass is 32.2. The van der Waals surface area contributed by atoms with E-state index in [2.05, 4.69) is 39.0 Å². The molecule has 2 unspecified atom stereocenters. The van der Waals surface area contributed by atoms with Crippen LogP contribution in [0.4, 0.5) is 0 Å². The molecule has 2 atom stereocenters. The molecule has 22 heavy (non-hydrogen) atoms. The van der Waals surface area contributed by atoms with Crippen molar-refractivity contribution in [2.24, 2.45) is 11.8 Å². The Morgan fingerprint density at radius 1 is 1.32 bits per heavy atom. The third kappa shape index (κ3) is 4.72. The quantitative estimate of drug-likeness (QED) is 0.749. The molecule has 0 aliphatic carbocycles. The molecule has 0 saturated carbocycles. The molecule has 2 heterocycles. The average molecular weight is 330 g/mol. The van der Waals surface area contributed by atoms with Gasteiger partial charge in [-0.2, -0.15) is 0 Å². The second-order valence-corrected chi connectivity index (χ2v) is 8.25. The molecule has 0 spiro atoms. The third-order valence-electron chi connectivity index (χ3n) is 4.22. The predicted molar refractivity (Wildman–Crippen MR) is 83.7 cm³/mol. The van der Waals surface area contributed by atoms with Crippen LogP contribution in [0.2, 0.25) is 0 Å². The first-order valence-electron chi connectivity index (χ1n) is 7.68. The van der Waals surface area contributed by atoms with Crippen LogP contribution in [0, 0.1) is 18.8 Å². The van der Waals surface area contributed by atoms with Gasteiger partial charge in [0.15, 0.2) is 0 Å². The fourth-order valence-corrected chi connectivity index (χ4v) is 3.87. The maximum Gasteiger partial charge on any atom is 0.209 e. The van der Waals surface area contributed by atoms with Crippen molar-refractivity contribution in [2.75, 3.05) is 25.9 Å². The molecule has 1 aliphatic heterocycles. The number of rotatable bonds is 7. The van der Waals surface area contributed by atoms with Gasteiger partial charge in [0.2, 0.25) is 10.0 Å². The normalized spacial score (nSPS) is 23.5. The predicted octanol–water partition coefficient (Wildman–Crippen LogP) is -0.123. The van der Waals surface area contributed by atoms with Crippen LogP contribution in [0.5, 0.6) is 0 Å². The lowest BCUT2D eigenvalue weighted by atomic mass is 9.92. The van der Waals surface area contributed by atoms with E-state index in [4.69, 9.17) is 0 Å². The molecule has 1 aromatic rings. The average Bonchev–Trinajstić information content (AvgIpc) is 2.95. The van der Waals surface area contributed by atoms with Crippen molar-refractivity contribution < 1.29 is 8.42 Å². The summed E-state index contributed by atoms with van der Waals surface area (Å²) in [6, 6.07) is 0.00442. The van der Waals surface area contributed by atoms with Gasteiger partial charge in [-0.25, -0.2) is 17.8 Å². The summed E-state index contributed by atoms with van der Waals surface area (Å²) in [5.41, 5.74) is 0. The fraction of sp³-hybridized carbons (Fsp3) is 0.923. The Kier molecular flexibility index (Phi) is 5.51. The molecule has 126 valence electrons. The first-order chi connectivity index (χ1) is 10.3. The Morgan fingerprint density at radius 2 is 2.05 bits per heavy atom. The topological polar surface area (TPSA) is 93.0 Å². The van der Waals surface area contributed by atoms with Gasteiger partial charge in [-0.3, -0.25) is 0 Å². The number of hydrogen-bond acceptors (Lipinski definition) is 6. The smallest absolute Gasteiger partial charge is 0.209 e. The van der Waals surface area contributed by atoms with Gasteiger partial charge in [-0.15, -0.1) is 5.10 Å². The van der Waals surface area contributed by atoms with E-state index in [0.717, 1.165) is 38.4 Å². The van der Waals surface area contributed by atoms with E-state index >= 15 is 0 Å². The first kappa shape index (κ1) is 17.3. The lowest BCUT2D eigenvalue weighted by molar-refractivity contribution is 0.291. The minimum atomic E-state index is -3.17. The minimum Gasteiger partial charge on any atom is -0.301 e. The molecule has 1 aromatic heterocycles. The van der Waals surface area contributed by atoms with Crippen molar-refractivity contribution in [1.82, 2.24) is 29.8 Å². The number of aryl methyl sites for hydroxylation is 2. The summed E-state index contributed by atoms with van der Waals surface area (Å²) in [5, 5.41) is 11.4. The van der Waals surface area contributed by atoms with Crippen LogP contribution in [-0.2, 0) is 16.6 Å². The van der Waals surface area contributed by atoms with Crippen LogP contribution in [-0.4, -0.2) is 65.5 Å². The number of aromatic nitrogens is 4. The van der Waals surface area contributed by atoms with Gasteiger partial charge in [0, 0.05) is 25.7 Å². The molecule has 1 N–H and O–H groups in total. The van der Waals surface area contributed by atoms with Crippen LogP contribution in [0.3, 0.4) is 0 Å². The standard InChI is InChI=1S/C13H26N6O2S/c1-10(2)12-8-18(9-13(12)15-22(4,20)21)6-5-7-19-11(3)14-16-17-19/h10,12-13,15H,5-9H2,1-4H3. The van der Waals surface area contributed by atoms with Crippen LogP contribution in [0.15, 0.2) is 0 Å². The summed E-state index contributed by atoms with van der Waals surface area (Å²) in [6.45, 7) is 9.59. The highest BCUT2D eigenvalue weighted by Gasteiger charge is 2.35. The molecule has 0 radical (unpaired) electrons. The second kappa shape index (κ2) is 7.01. The number of likely N-dealkylation sites (tertiary alicyclic amines) is 1. The van der Waals surface area contributed by atoms with Gasteiger partial charge in [0.25, 0.3) is 0 Å². The summed E-state index contributed by atoms with van der Waals surface area (Å²) < 4.78 is 27.6. The Bertz CT molecular complexity index is 585. The summed E-state index contributed by atoms with van der Waals surface area (Å²) in [6.07, 6.45) is 2.18. The van der Waals surface area contributed by atoms with Gasteiger partial charge in [0.05, 0.1) is 6.26 Å². The van der Waals surface area contributed by atoms with Crippen molar-refractivity contribution in [2.45, 2.75) is 39.8 Å². The molecule has 1 saturated heterocycles. The molecular weight excluding hydrogens is 304 g/mol. The maximum absolute atomic E-state index is 11.5. The number of tetrazole rings is 1. The minimum absolute atomic E-state index is 0.00442. The molecular formula is C13H26N6O2S. The van der Waals surface area contributed by atoms with Crippen molar-refractivity contribution in [1.29, 1.82) is 0 Å². The van der Waals surface area contributed by atoms with Crippen LogP contribution in [0.1, 0.15) is 26.1 Å². The van der Waals surface area contributed by atoms with E-state index in [9.17, 15) is 8.42 Å². The number of hydrogen-bond donors (Lipinski definition) is 1. The molecule has 0 amide bonds. The molecule has 1 fully saturated rings. The van der Waals surface area contributed by atoms with Crippen molar-refractivity contribution in [3.05, 3.63) is 5.82 Å². The largest absolute Gasteiger partial charge is 0.301 e. The van der Waals surface area contributed by atoms with E-state index in [1.807, 2.05) is 6.92 Å². The lowest BCUT2D eigenvalue weighted by Crippen LogP contribution is -2.41. The third-order valence-corrected chi connectivity index (χ3v) is 4.95. The molecule has 1 aliphatic rings. The van der Waals surface area contributed by atoms with Gasteiger partial charge < -0.3 is 4.90 Å². The highest BCUT2D eigenvalue weighted by molar-refractivity contribution is 7.88. The molecule has 0 aromatic carbocycles. The zero-order chi connectivity index (χ0) is 16.3. The number of nitrogens with one attached hydrogen (secondary N) is 1. The molecule has 9 heteroatoms. The van der Waals surface area contributed by atoms with Gasteiger partial charge >= 0.3 is 0 Å². The first-order valence-corrected chi connectivity index (χ1v) is 9.58. The van der Waals surface area contributed by atoms with Gasteiger partial charge in [-0.1, -0.05) is 13.8 Å². The number of sulfonamides is 1. The van der Waals surface area contributed by atoms with Gasteiger partial charge in [-0.05, 0) is 42.2 Å². The second-order valence-electron chi connectivity index (χ2n) is 6.47. The Labute approximate surface area is 132 Å². The highest BCUT2D eigenvalue weighted by Crippen LogP contribution is 2.25. The SMILES string of the molecule is Cc1nnnn1CCCN1CC(NS(C)(=O)=O)C(C(C)C)C1. The molecule has 2 rings (SSSR count). The van der Waals surface area contributed by atoms with E-state index in [1.165, 1.54) is 6.26 Å². The molecule has 8 nitrogen and oxygen atoms in total. The summed E-state index contributed by atoms with van der Waals surface area (Å²) in [4.78, 5) is 2.33. The van der Waals surface area contributed by atoms with Crippen molar-refractivity contribution in [3.63, 3.8) is 0 Å². The maximum atomic E-state index is 11.5. The van der Waals surface area contributed by atoms with E-state index in [-0.39, 0.29) is 6.04 Å². The Hall–Kier alpha value is -1.06.